The summed E-state index contributed by atoms with van der Waals surface area (Å²) < 4.78 is 19.0. The van der Waals surface area contributed by atoms with Crippen molar-refractivity contribution in [3.05, 3.63) is 34.4 Å². The Morgan fingerprint density at radius 3 is 3.05 bits per heavy atom. The molecule has 0 spiro atoms. The molecule has 1 aliphatic rings. The van der Waals surface area contributed by atoms with Gasteiger partial charge in [-0.3, -0.25) is 0 Å². The van der Waals surface area contributed by atoms with Crippen LogP contribution in [0.1, 0.15) is 11.8 Å². The fraction of sp³-hybridized carbons (Fsp3) is 0.385. The van der Waals surface area contributed by atoms with Crippen molar-refractivity contribution in [1.29, 1.82) is 0 Å². The summed E-state index contributed by atoms with van der Waals surface area (Å²) in [5.74, 6) is 3.08. The molecule has 20 heavy (non-hydrogen) atoms. The van der Waals surface area contributed by atoms with Crippen LogP contribution in [-0.2, 0) is 0 Å². The van der Waals surface area contributed by atoms with E-state index in [1.54, 1.807) is 12.1 Å². The maximum Gasteiger partial charge on any atom is 0.232 e. The second-order valence-electron chi connectivity index (χ2n) is 4.62. The summed E-state index contributed by atoms with van der Waals surface area (Å²) in [6, 6.07) is 5.04. The number of hydrogen-bond donors (Lipinski definition) is 1. The molecule has 1 aliphatic heterocycles. The van der Waals surface area contributed by atoms with E-state index >= 15 is 0 Å². The minimum Gasteiger partial charge on any atom is -0.339 e. The van der Waals surface area contributed by atoms with Crippen molar-refractivity contribution < 1.29 is 8.91 Å². The van der Waals surface area contributed by atoms with Crippen LogP contribution >= 0.6 is 27.7 Å². The van der Waals surface area contributed by atoms with Crippen LogP contribution in [0.25, 0.3) is 11.4 Å². The van der Waals surface area contributed by atoms with Gasteiger partial charge in [0.2, 0.25) is 11.7 Å². The molecule has 1 saturated heterocycles. The van der Waals surface area contributed by atoms with Crippen LogP contribution in [0.2, 0.25) is 0 Å². The largest absolute Gasteiger partial charge is 0.339 e. The molecule has 1 aromatic carbocycles. The van der Waals surface area contributed by atoms with E-state index in [-0.39, 0.29) is 11.7 Å². The van der Waals surface area contributed by atoms with Gasteiger partial charge in [-0.25, -0.2) is 4.39 Å². The van der Waals surface area contributed by atoms with E-state index in [1.165, 1.54) is 6.07 Å². The topological polar surface area (TPSA) is 51.0 Å². The Hall–Kier alpha value is -0.920. The van der Waals surface area contributed by atoms with E-state index < -0.39 is 0 Å². The highest BCUT2D eigenvalue weighted by Crippen LogP contribution is 2.33. The summed E-state index contributed by atoms with van der Waals surface area (Å²) in [6.45, 7) is 0. The van der Waals surface area contributed by atoms with Crippen molar-refractivity contribution in [1.82, 2.24) is 15.5 Å². The van der Waals surface area contributed by atoms with Crippen LogP contribution in [0, 0.1) is 5.82 Å². The van der Waals surface area contributed by atoms with Crippen LogP contribution in [0.5, 0.6) is 0 Å². The lowest BCUT2D eigenvalue weighted by Crippen LogP contribution is -2.31. The fourth-order valence-electron chi connectivity index (χ4n) is 2.22. The van der Waals surface area contributed by atoms with Gasteiger partial charge in [0.25, 0.3) is 0 Å². The van der Waals surface area contributed by atoms with Gasteiger partial charge in [-0.05, 0) is 41.2 Å². The lowest BCUT2D eigenvalue weighted by Gasteiger charge is -2.13. The van der Waals surface area contributed by atoms with Crippen LogP contribution in [-0.4, -0.2) is 34.7 Å². The zero-order valence-corrected chi connectivity index (χ0v) is 13.2. The quantitative estimate of drug-likeness (QED) is 0.914. The Morgan fingerprint density at radius 2 is 2.30 bits per heavy atom. The maximum absolute atomic E-state index is 13.2. The molecular weight excluding hydrogens is 345 g/mol. The van der Waals surface area contributed by atoms with E-state index in [0.29, 0.717) is 22.2 Å². The molecule has 0 amide bonds. The molecule has 0 bridgehead atoms. The third-order valence-electron chi connectivity index (χ3n) is 3.39. The molecule has 1 N–H and O–H groups in total. The third-order valence-corrected chi connectivity index (χ3v) is 5.19. The number of thioether (sulfide) groups is 1. The molecule has 106 valence electrons. The first-order valence-corrected chi connectivity index (χ1v) is 8.18. The monoisotopic (exact) mass is 357 g/mol. The lowest BCUT2D eigenvalue weighted by atomic mass is 10.0. The Morgan fingerprint density at radius 1 is 1.45 bits per heavy atom. The molecule has 4 nitrogen and oxygen atoms in total. The number of nitrogens with one attached hydrogen (secondary N) is 1. The van der Waals surface area contributed by atoms with Crippen LogP contribution in [0.4, 0.5) is 4.39 Å². The number of rotatable bonds is 3. The zero-order chi connectivity index (χ0) is 14.1. The number of benzene rings is 1. The Bertz CT molecular complexity index is 621. The van der Waals surface area contributed by atoms with Crippen molar-refractivity contribution >= 4 is 27.7 Å². The van der Waals surface area contributed by atoms with Crippen LogP contribution in [0.3, 0.4) is 0 Å². The van der Waals surface area contributed by atoms with Gasteiger partial charge >= 0.3 is 0 Å². The van der Waals surface area contributed by atoms with Crippen molar-refractivity contribution in [2.75, 3.05) is 18.6 Å². The molecule has 2 unspecified atom stereocenters. The molecular formula is C13H13BrFN3OS. The first-order valence-electron chi connectivity index (χ1n) is 6.23. The minimum atomic E-state index is -0.306. The van der Waals surface area contributed by atoms with E-state index in [2.05, 4.69) is 31.4 Å². The summed E-state index contributed by atoms with van der Waals surface area (Å²) in [5, 5.41) is 7.28. The van der Waals surface area contributed by atoms with Crippen molar-refractivity contribution in [2.24, 2.45) is 0 Å². The van der Waals surface area contributed by atoms with E-state index in [9.17, 15) is 4.39 Å². The molecule has 2 aromatic rings. The van der Waals surface area contributed by atoms with Crippen LogP contribution < -0.4 is 5.32 Å². The predicted molar refractivity (Wildman–Crippen MR) is 80.3 cm³/mol. The molecule has 7 heteroatoms. The third kappa shape index (κ3) is 2.62. The van der Waals surface area contributed by atoms with Crippen molar-refractivity contribution in [3.8, 4) is 11.4 Å². The van der Waals surface area contributed by atoms with Gasteiger partial charge in [0.1, 0.15) is 5.82 Å². The van der Waals surface area contributed by atoms with Crippen LogP contribution in [0.15, 0.2) is 27.2 Å². The first kappa shape index (κ1) is 14.0. The highest BCUT2D eigenvalue weighted by molar-refractivity contribution is 9.10. The van der Waals surface area contributed by atoms with Gasteiger partial charge in [0, 0.05) is 23.1 Å². The number of likely N-dealkylation sites (N-methyl/N-ethyl adjacent to an activating group) is 1. The number of nitrogens with zero attached hydrogens (tertiary/aromatic N) is 2. The first-order chi connectivity index (χ1) is 9.69. The average Bonchev–Trinajstić information content (AvgIpc) is 3.09. The summed E-state index contributed by atoms with van der Waals surface area (Å²) in [7, 11) is 1.94. The maximum atomic E-state index is 13.2. The van der Waals surface area contributed by atoms with Gasteiger partial charge in [-0.1, -0.05) is 5.16 Å². The normalized spacial score (nSPS) is 22.4. The summed E-state index contributed by atoms with van der Waals surface area (Å²) in [5.41, 5.74) is 0.736. The molecule has 3 rings (SSSR count). The van der Waals surface area contributed by atoms with Crippen molar-refractivity contribution in [3.63, 3.8) is 0 Å². The second kappa shape index (κ2) is 5.83. The molecule has 0 saturated carbocycles. The summed E-state index contributed by atoms with van der Waals surface area (Å²) in [6.07, 6.45) is 0. The second-order valence-corrected chi connectivity index (χ2v) is 6.55. The van der Waals surface area contributed by atoms with E-state index in [0.717, 1.165) is 17.1 Å². The Kier molecular flexibility index (Phi) is 4.09. The van der Waals surface area contributed by atoms with E-state index in [4.69, 9.17) is 4.52 Å². The van der Waals surface area contributed by atoms with Gasteiger partial charge < -0.3 is 9.84 Å². The summed E-state index contributed by atoms with van der Waals surface area (Å²) in [4.78, 5) is 4.46. The van der Waals surface area contributed by atoms with E-state index in [1.807, 2.05) is 18.8 Å². The smallest absolute Gasteiger partial charge is 0.232 e. The fourth-order valence-corrected chi connectivity index (χ4v) is 4.02. The molecule has 1 aromatic heterocycles. The Balaban J connectivity index is 1.88. The van der Waals surface area contributed by atoms with Gasteiger partial charge in [0.05, 0.1) is 10.4 Å². The van der Waals surface area contributed by atoms with Gasteiger partial charge in [0.15, 0.2) is 0 Å². The molecule has 2 atom stereocenters. The minimum absolute atomic E-state index is 0.232. The molecule has 2 heterocycles. The zero-order valence-electron chi connectivity index (χ0n) is 10.8. The lowest BCUT2D eigenvalue weighted by molar-refractivity contribution is 0.344. The summed E-state index contributed by atoms with van der Waals surface area (Å²) >= 11 is 5.03. The molecule has 1 fully saturated rings. The van der Waals surface area contributed by atoms with Gasteiger partial charge in [-0.15, -0.1) is 0 Å². The average molecular weight is 358 g/mol. The number of hydrogen-bond acceptors (Lipinski definition) is 5. The number of halogens is 2. The number of aromatic nitrogens is 2. The SMILES string of the molecule is CNC1CSCC1c1nc(-c2ccc(F)c(Br)c2)no1. The highest BCUT2D eigenvalue weighted by Gasteiger charge is 2.32. The molecule has 0 radical (unpaired) electrons. The molecule has 0 aliphatic carbocycles. The highest BCUT2D eigenvalue weighted by atomic mass is 79.9. The standard InChI is InChI=1S/C13H13BrFN3OS/c1-16-11-6-20-5-8(11)13-17-12(18-19-13)7-2-3-10(15)9(14)4-7/h2-4,8,11,16H,5-6H2,1H3. The Labute approximate surface area is 128 Å². The van der Waals surface area contributed by atoms with Gasteiger partial charge in [-0.2, -0.15) is 16.7 Å². The predicted octanol–water partition coefficient (Wildman–Crippen LogP) is 3.06. The van der Waals surface area contributed by atoms with Crippen molar-refractivity contribution in [2.45, 2.75) is 12.0 Å².